The van der Waals surface area contributed by atoms with Crippen LogP contribution in [0.1, 0.15) is 60.3 Å². The molecule has 4 heteroatoms. The van der Waals surface area contributed by atoms with Crippen molar-refractivity contribution in [3.8, 4) is 0 Å². The van der Waals surface area contributed by atoms with Crippen LogP contribution in [0.4, 0.5) is 0 Å². The van der Waals surface area contributed by atoms with Crippen LogP contribution in [-0.4, -0.2) is 30.4 Å². The van der Waals surface area contributed by atoms with Gasteiger partial charge < -0.3 is 9.47 Å². The first-order valence-electron chi connectivity index (χ1n) is 8.04. The molecule has 21 heavy (non-hydrogen) atoms. The molecule has 0 aliphatic carbocycles. The summed E-state index contributed by atoms with van der Waals surface area (Å²) in [4.78, 5) is 11.4. The molecule has 0 heterocycles. The van der Waals surface area contributed by atoms with Gasteiger partial charge >= 0.3 is 0 Å². The highest BCUT2D eigenvalue weighted by molar-refractivity contribution is 8.13. The Morgan fingerprint density at radius 1 is 1.24 bits per heavy atom. The summed E-state index contributed by atoms with van der Waals surface area (Å²) in [6.07, 6.45) is 8.13. The zero-order valence-electron chi connectivity index (χ0n) is 14.3. The van der Waals surface area contributed by atoms with Gasteiger partial charge in [-0.3, -0.25) is 4.79 Å². The maximum atomic E-state index is 11.4. The fraction of sp³-hybridized carbons (Fsp3) is 0.824. The van der Waals surface area contributed by atoms with E-state index in [2.05, 4.69) is 19.1 Å². The standard InChI is InChI=1S/C17H32O3S/c1-6-10-12-17(13-11-7-2,14-21-15(5)18)16(19-8-3)20-9-4/h6,10,16H,7-9,11-14H2,1-5H3/b10-6+. The zero-order valence-corrected chi connectivity index (χ0v) is 15.1. The van der Waals surface area contributed by atoms with Crippen molar-refractivity contribution in [2.75, 3.05) is 19.0 Å². The molecule has 0 saturated heterocycles. The summed E-state index contributed by atoms with van der Waals surface area (Å²) in [6, 6.07) is 0. The summed E-state index contributed by atoms with van der Waals surface area (Å²) in [5.74, 6) is 0.747. The van der Waals surface area contributed by atoms with Gasteiger partial charge in [0.15, 0.2) is 11.4 Å². The van der Waals surface area contributed by atoms with Crippen molar-refractivity contribution in [3.05, 3.63) is 12.2 Å². The van der Waals surface area contributed by atoms with Gasteiger partial charge in [0.2, 0.25) is 0 Å². The highest BCUT2D eigenvalue weighted by Gasteiger charge is 2.39. The SMILES string of the molecule is C/C=C/CC(CCCC)(CSC(C)=O)C(OCC)OCC. The lowest BCUT2D eigenvalue weighted by Gasteiger charge is -2.39. The number of ether oxygens (including phenoxy) is 2. The zero-order chi connectivity index (χ0) is 16.1. The van der Waals surface area contributed by atoms with Gasteiger partial charge in [0, 0.05) is 31.3 Å². The first-order valence-corrected chi connectivity index (χ1v) is 9.02. The Bertz CT molecular complexity index is 298. The Hall–Kier alpha value is -0.320. The van der Waals surface area contributed by atoms with E-state index in [9.17, 15) is 4.79 Å². The molecule has 1 unspecified atom stereocenters. The second kappa shape index (κ2) is 12.2. The Labute approximate surface area is 134 Å². The average Bonchev–Trinajstić information content (AvgIpc) is 2.47. The van der Waals surface area contributed by atoms with Gasteiger partial charge in [-0.15, -0.1) is 0 Å². The molecule has 0 spiro atoms. The molecule has 0 aliphatic heterocycles. The minimum Gasteiger partial charge on any atom is -0.352 e. The van der Waals surface area contributed by atoms with E-state index < -0.39 is 0 Å². The molecule has 0 aliphatic rings. The summed E-state index contributed by atoms with van der Waals surface area (Å²) >= 11 is 1.39. The van der Waals surface area contributed by atoms with Crippen molar-refractivity contribution in [2.24, 2.45) is 5.41 Å². The summed E-state index contributed by atoms with van der Waals surface area (Å²) < 4.78 is 11.8. The van der Waals surface area contributed by atoms with E-state index in [1.807, 2.05) is 20.8 Å². The van der Waals surface area contributed by atoms with Crippen LogP contribution in [-0.2, 0) is 14.3 Å². The van der Waals surface area contributed by atoms with Crippen LogP contribution < -0.4 is 0 Å². The summed E-state index contributed by atoms with van der Waals surface area (Å²) in [5, 5.41) is 0.156. The Balaban J connectivity index is 5.28. The third-order valence-electron chi connectivity index (χ3n) is 3.49. The fourth-order valence-electron chi connectivity index (χ4n) is 2.35. The van der Waals surface area contributed by atoms with Crippen LogP contribution >= 0.6 is 11.8 Å². The first kappa shape index (κ1) is 20.7. The molecule has 0 saturated carbocycles. The molecule has 0 fully saturated rings. The monoisotopic (exact) mass is 316 g/mol. The lowest BCUT2D eigenvalue weighted by atomic mass is 9.80. The van der Waals surface area contributed by atoms with E-state index >= 15 is 0 Å². The van der Waals surface area contributed by atoms with Crippen molar-refractivity contribution in [1.29, 1.82) is 0 Å². The molecule has 3 nitrogen and oxygen atoms in total. The highest BCUT2D eigenvalue weighted by Crippen LogP contribution is 2.39. The largest absolute Gasteiger partial charge is 0.352 e. The number of allylic oxidation sites excluding steroid dienone is 2. The number of carbonyl (C=O) groups is 1. The van der Waals surface area contributed by atoms with E-state index in [0.29, 0.717) is 13.2 Å². The van der Waals surface area contributed by atoms with Gasteiger partial charge in [-0.25, -0.2) is 0 Å². The predicted molar refractivity (Wildman–Crippen MR) is 91.6 cm³/mol. The van der Waals surface area contributed by atoms with E-state index in [0.717, 1.165) is 31.4 Å². The highest BCUT2D eigenvalue weighted by atomic mass is 32.2. The lowest BCUT2D eigenvalue weighted by Crippen LogP contribution is -2.41. The van der Waals surface area contributed by atoms with Gasteiger partial charge in [0.25, 0.3) is 0 Å². The Kier molecular flexibility index (Phi) is 12.1. The van der Waals surface area contributed by atoms with E-state index in [1.165, 1.54) is 11.8 Å². The molecular weight excluding hydrogens is 284 g/mol. The van der Waals surface area contributed by atoms with Crippen LogP contribution in [0, 0.1) is 5.41 Å². The third kappa shape index (κ3) is 8.03. The Morgan fingerprint density at radius 2 is 1.86 bits per heavy atom. The maximum Gasteiger partial charge on any atom is 0.185 e. The van der Waals surface area contributed by atoms with E-state index in [4.69, 9.17) is 9.47 Å². The van der Waals surface area contributed by atoms with Gasteiger partial charge in [-0.05, 0) is 33.6 Å². The average molecular weight is 317 g/mol. The lowest BCUT2D eigenvalue weighted by molar-refractivity contribution is -0.199. The predicted octanol–water partition coefficient (Wildman–Crippen LogP) is 4.81. The molecule has 0 aromatic rings. The topological polar surface area (TPSA) is 35.5 Å². The first-order chi connectivity index (χ1) is 10.1. The number of thioether (sulfide) groups is 1. The van der Waals surface area contributed by atoms with Crippen LogP contribution in [0.15, 0.2) is 12.2 Å². The number of hydrogen-bond donors (Lipinski definition) is 0. The van der Waals surface area contributed by atoms with Crippen LogP contribution in [0.3, 0.4) is 0 Å². The Morgan fingerprint density at radius 3 is 2.29 bits per heavy atom. The van der Waals surface area contributed by atoms with Crippen molar-refractivity contribution >= 4 is 16.9 Å². The van der Waals surface area contributed by atoms with Crippen LogP contribution in [0.2, 0.25) is 0 Å². The summed E-state index contributed by atoms with van der Waals surface area (Å²) in [7, 11) is 0. The van der Waals surface area contributed by atoms with Crippen LogP contribution in [0.5, 0.6) is 0 Å². The smallest absolute Gasteiger partial charge is 0.185 e. The molecule has 0 aromatic heterocycles. The van der Waals surface area contributed by atoms with Gasteiger partial charge in [-0.1, -0.05) is 43.7 Å². The molecule has 0 aromatic carbocycles. The molecule has 0 N–H and O–H groups in total. The molecule has 0 bridgehead atoms. The maximum absolute atomic E-state index is 11.4. The molecule has 1 atom stereocenters. The van der Waals surface area contributed by atoms with Crippen LogP contribution in [0.25, 0.3) is 0 Å². The quantitative estimate of drug-likeness (QED) is 0.382. The third-order valence-corrected chi connectivity index (χ3v) is 4.61. The number of rotatable bonds is 12. The van der Waals surface area contributed by atoms with Crippen molar-refractivity contribution < 1.29 is 14.3 Å². The number of unbranched alkanes of at least 4 members (excludes halogenated alkanes) is 1. The molecule has 124 valence electrons. The summed E-state index contributed by atoms with van der Waals surface area (Å²) in [5.41, 5.74) is -0.134. The number of carbonyl (C=O) groups excluding carboxylic acids is 1. The molecular formula is C17H32O3S. The van der Waals surface area contributed by atoms with Crippen molar-refractivity contribution in [3.63, 3.8) is 0 Å². The van der Waals surface area contributed by atoms with Gasteiger partial charge in [0.05, 0.1) is 0 Å². The normalized spacial score (nSPS) is 14.8. The second-order valence-electron chi connectivity index (χ2n) is 5.26. The molecule has 0 radical (unpaired) electrons. The molecule has 0 rings (SSSR count). The van der Waals surface area contributed by atoms with Crippen molar-refractivity contribution in [1.82, 2.24) is 0 Å². The van der Waals surface area contributed by atoms with Crippen molar-refractivity contribution in [2.45, 2.75) is 66.6 Å². The second-order valence-corrected chi connectivity index (χ2v) is 6.41. The minimum atomic E-state index is -0.248. The van der Waals surface area contributed by atoms with E-state index in [1.54, 1.807) is 6.92 Å². The van der Waals surface area contributed by atoms with Gasteiger partial charge in [-0.2, -0.15) is 0 Å². The fourth-order valence-corrected chi connectivity index (χ4v) is 3.24. The summed E-state index contributed by atoms with van der Waals surface area (Å²) in [6.45, 7) is 11.1. The van der Waals surface area contributed by atoms with E-state index in [-0.39, 0.29) is 16.8 Å². The molecule has 0 amide bonds. The number of hydrogen-bond acceptors (Lipinski definition) is 4. The minimum absolute atomic E-state index is 0.134. The van der Waals surface area contributed by atoms with Gasteiger partial charge in [0.1, 0.15) is 0 Å².